The molecule has 5 nitrogen and oxygen atoms in total. The second-order valence-electron chi connectivity index (χ2n) is 4.19. The van der Waals surface area contributed by atoms with E-state index >= 15 is 0 Å². The summed E-state index contributed by atoms with van der Waals surface area (Å²) in [5, 5.41) is 3.26. The van der Waals surface area contributed by atoms with Gasteiger partial charge in [0.1, 0.15) is 4.90 Å². The second-order valence-corrected chi connectivity index (χ2v) is 5.90. The van der Waals surface area contributed by atoms with Crippen molar-refractivity contribution in [3.8, 4) is 0 Å². The van der Waals surface area contributed by atoms with Gasteiger partial charge < -0.3 is 5.32 Å². The van der Waals surface area contributed by atoms with Gasteiger partial charge in [-0.05, 0) is 44.5 Å². The van der Waals surface area contributed by atoms with Crippen molar-refractivity contribution in [1.82, 2.24) is 15.0 Å². The van der Waals surface area contributed by atoms with Crippen LogP contribution in [-0.2, 0) is 10.0 Å². The van der Waals surface area contributed by atoms with Crippen LogP contribution in [0.2, 0.25) is 0 Å². The quantitative estimate of drug-likeness (QED) is 0.825. The van der Waals surface area contributed by atoms with E-state index in [1.807, 2.05) is 0 Å². The number of hydrogen-bond donors (Lipinski definition) is 2. The average molecular weight is 255 g/mol. The van der Waals surface area contributed by atoms with Crippen LogP contribution in [0.25, 0.3) is 0 Å². The molecule has 2 rings (SSSR count). The Morgan fingerprint density at radius 1 is 1.35 bits per heavy atom. The highest BCUT2D eigenvalue weighted by atomic mass is 32.2. The van der Waals surface area contributed by atoms with Crippen LogP contribution in [0.15, 0.2) is 29.4 Å². The molecule has 0 aromatic carbocycles. The van der Waals surface area contributed by atoms with E-state index in [1.54, 1.807) is 18.3 Å². The monoisotopic (exact) mass is 255 g/mol. The lowest BCUT2D eigenvalue weighted by molar-refractivity contribution is 0.518. The Bertz CT molecular complexity index is 439. The molecule has 94 valence electrons. The first-order valence-corrected chi connectivity index (χ1v) is 7.30. The van der Waals surface area contributed by atoms with Crippen molar-refractivity contribution in [2.45, 2.75) is 30.2 Å². The maximum atomic E-state index is 12.0. The van der Waals surface area contributed by atoms with E-state index in [0.717, 1.165) is 32.4 Å². The Morgan fingerprint density at radius 3 is 3.00 bits per heavy atom. The standard InChI is InChI=1S/C11H17N3O2S/c15-17(16,11-4-2-7-13-9-11)14-10-3-1-6-12-8-5-10/h2,4,7,9-10,12,14H,1,3,5-6,8H2. The number of nitrogens with one attached hydrogen (secondary N) is 2. The van der Waals surface area contributed by atoms with E-state index in [9.17, 15) is 8.42 Å². The van der Waals surface area contributed by atoms with E-state index in [0.29, 0.717) is 0 Å². The van der Waals surface area contributed by atoms with E-state index < -0.39 is 10.0 Å². The smallest absolute Gasteiger partial charge is 0.242 e. The fourth-order valence-electron chi connectivity index (χ4n) is 1.93. The van der Waals surface area contributed by atoms with Crippen LogP contribution in [-0.4, -0.2) is 32.5 Å². The van der Waals surface area contributed by atoms with Gasteiger partial charge >= 0.3 is 0 Å². The molecule has 1 aromatic rings. The predicted molar refractivity (Wildman–Crippen MR) is 65.1 cm³/mol. The zero-order valence-electron chi connectivity index (χ0n) is 9.59. The molecule has 6 heteroatoms. The molecule has 1 aromatic heterocycles. The summed E-state index contributed by atoms with van der Waals surface area (Å²) in [5.41, 5.74) is 0. The summed E-state index contributed by atoms with van der Waals surface area (Å²) in [6.07, 6.45) is 5.65. The van der Waals surface area contributed by atoms with Crippen LogP contribution in [0.4, 0.5) is 0 Å². The third kappa shape index (κ3) is 3.49. The second kappa shape index (κ2) is 5.57. The maximum absolute atomic E-state index is 12.0. The van der Waals surface area contributed by atoms with Crippen LogP contribution in [0.5, 0.6) is 0 Å². The fraction of sp³-hybridized carbons (Fsp3) is 0.545. The summed E-state index contributed by atoms with van der Waals surface area (Å²) in [7, 11) is -3.42. The highest BCUT2D eigenvalue weighted by Gasteiger charge is 2.20. The molecular weight excluding hydrogens is 238 g/mol. The largest absolute Gasteiger partial charge is 0.317 e. The van der Waals surface area contributed by atoms with Gasteiger partial charge in [0.25, 0.3) is 0 Å². The summed E-state index contributed by atoms with van der Waals surface area (Å²) in [6.45, 7) is 1.82. The number of rotatable bonds is 3. The summed E-state index contributed by atoms with van der Waals surface area (Å²) < 4.78 is 26.8. The Labute approximate surface area is 102 Å². The molecule has 1 fully saturated rings. The molecule has 1 atom stereocenters. The molecule has 1 aliphatic rings. The van der Waals surface area contributed by atoms with Crippen molar-refractivity contribution < 1.29 is 8.42 Å². The first-order chi connectivity index (χ1) is 8.18. The van der Waals surface area contributed by atoms with Gasteiger partial charge in [0.2, 0.25) is 10.0 Å². The molecule has 0 amide bonds. The number of pyridine rings is 1. The first-order valence-electron chi connectivity index (χ1n) is 5.81. The first kappa shape index (κ1) is 12.5. The minimum atomic E-state index is -3.42. The highest BCUT2D eigenvalue weighted by molar-refractivity contribution is 7.89. The van der Waals surface area contributed by atoms with E-state index in [2.05, 4.69) is 15.0 Å². The van der Waals surface area contributed by atoms with Crippen LogP contribution in [0.3, 0.4) is 0 Å². The molecule has 17 heavy (non-hydrogen) atoms. The molecule has 0 radical (unpaired) electrons. The van der Waals surface area contributed by atoms with Crippen LogP contribution >= 0.6 is 0 Å². The summed E-state index contributed by atoms with van der Waals surface area (Å²) in [4.78, 5) is 4.06. The van der Waals surface area contributed by atoms with Gasteiger partial charge in [-0.3, -0.25) is 4.98 Å². The lowest BCUT2D eigenvalue weighted by Crippen LogP contribution is -2.35. The molecule has 0 aliphatic carbocycles. The lowest BCUT2D eigenvalue weighted by atomic mass is 10.1. The zero-order chi connectivity index (χ0) is 12.1. The average Bonchev–Trinajstić information content (AvgIpc) is 2.58. The Balaban J connectivity index is 2.06. The topological polar surface area (TPSA) is 71.1 Å². The molecule has 0 spiro atoms. The van der Waals surface area contributed by atoms with Crippen molar-refractivity contribution in [1.29, 1.82) is 0 Å². The van der Waals surface area contributed by atoms with Crippen molar-refractivity contribution in [3.63, 3.8) is 0 Å². The van der Waals surface area contributed by atoms with E-state index in [4.69, 9.17) is 0 Å². The third-order valence-electron chi connectivity index (χ3n) is 2.84. The summed E-state index contributed by atoms with van der Waals surface area (Å²) in [6, 6.07) is 3.21. The molecule has 0 bridgehead atoms. The molecular formula is C11H17N3O2S. The highest BCUT2D eigenvalue weighted by Crippen LogP contribution is 2.11. The Morgan fingerprint density at radius 2 is 2.24 bits per heavy atom. The van der Waals surface area contributed by atoms with Gasteiger partial charge in [-0.2, -0.15) is 0 Å². The SMILES string of the molecule is O=S(=O)(NC1CCCNCC1)c1cccnc1. The van der Waals surface area contributed by atoms with Gasteiger partial charge in [-0.25, -0.2) is 13.1 Å². The molecule has 2 N–H and O–H groups in total. The molecule has 1 unspecified atom stereocenters. The van der Waals surface area contributed by atoms with Crippen molar-refractivity contribution >= 4 is 10.0 Å². The van der Waals surface area contributed by atoms with E-state index in [1.165, 1.54) is 6.20 Å². The fourth-order valence-corrected chi connectivity index (χ4v) is 3.20. The minimum Gasteiger partial charge on any atom is -0.317 e. The number of sulfonamides is 1. The number of hydrogen-bond acceptors (Lipinski definition) is 4. The van der Waals surface area contributed by atoms with Crippen molar-refractivity contribution in [3.05, 3.63) is 24.5 Å². The van der Waals surface area contributed by atoms with Crippen LogP contribution in [0, 0.1) is 0 Å². The third-order valence-corrected chi connectivity index (χ3v) is 4.35. The van der Waals surface area contributed by atoms with Gasteiger partial charge in [-0.1, -0.05) is 0 Å². The molecule has 1 aliphatic heterocycles. The van der Waals surface area contributed by atoms with Crippen LogP contribution in [0.1, 0.15) is 19.3 Å². The van der Waals surface area contributed by atoms with E-state index in [-0.39, 0.29) is 10.9 Å². The van der Waals surface area contributed by atoms with Gasteiger partial charge in [0.05, 0.1) is 0 Å². The van der Waals surface area contributed by atoms with Gasteiger partial charge in [0, 0.05) is 18.4 Å². The van der Waals surface area contributed by atoms with Crippen molar-refractivity contribution in [2.24, 2.45) is 0 Å². The van der Waals surface area contributed by atoms with Crippen molar-refractivity contribution in [2.75, 3.05) is 13.1 Å². The summed E-state index contributed by atoms with van der Waals surface area (Å²) in [5.74, 6) is 0. The number of nitrogens with zero attached hydrogens (tertiary/aromatic N) is 1. The van der Waals surface area contributed by atoms with Gasteiger partial charge in [-0.15, -0.1) is 0 Å². The Kier molecular flexibility index (Phi) is 4.09. The Hall–Kier alpha value is -0.980. The predicted octanol–water partition coefficient (Wildman–Crippen LogP) is 0.502. The molecule has 0 saturated carbocycles. The molecule has 2 heterocycles. The minimum absolute atomic E-state index is 0.0233. The van der Waals surface area contributed by atoms with Crippen LogP contribution < -0.4 is 10.0 Å². The zero-order valence-corrected chi connectivity index (χ0v) is 10.4. The normalized spacial score (nSPS) is 22.0. The van der Waals surface area contributed by atoms with Gasteiger partial charge in [0.15, 0.2) is 0 Å². The lowest BCUT2D eigenvalue weighted by Gasteiger charge is -2.15. The number of aromatic nitrogens is 1. The maximum Gasteiger partial charge on any atom is 0.242 e. The molecule has 1 saturated heterocycles. The summed E-state index contributed by atoms with van der Waals surface area (Å²) >= 11 is 0.